The summed E-state index contributed by atoms with van der Waals surface area (Å²) >= 11 is 0. The zero-order valence-electron chi connectivity index (χ0n) is 15.3. The summed E-state index contributed by atoms with van der Waals surface area (Å²) in [5.74, 6) is 3.59. The van der Waals surface area contributed by atoms with E-state index in [4.69, 9.17) is 4.98 Å². The molecule has 0 saturated carbocycles. The maximum atomic E-state index is 4.73. The zero-order chi connectivity index (χ0) is 17.1. The van der Waals surface area contributed by atoms with Gasteiger partial charge in [-0.1, -0.05) is 26.0 Å². The number of hydrogen-bond donors (Lipinski definition) is 1. The van der Waals surface area contributed by atoms with Crippen LogP contribution in [0.25, 0.3) is 11.0 Å². The number of fused-ring (bicyclic) bond motifs is 1. The van der Waals surface area contributed by atoms with E-state index in [-0.39, 0.29) is 0 Å². The number of aromatic nitrogens is 2. The number of likely N-dealkylation sites (tertiary alicyclic amines) is 1. The van der Waals surface area contributed by atoms with Crippen molar-refractivity contribution in [2.24, 2.45) is 23.9 Å². The van der Waals surface area contributed by atoms with Gasteiger partial charge in [-0.05, 0) is 36.8 Å². The summed E-state index contributed by atoms with van der Waals surface area (Å²) in [6.45, 7) is 7.52. The Kier molecular flexibility index (Phi) is 5.07. The van der Waals surface area contributed by atoms with Crippen LogP contribution >= 0.6 is 0 Å². The molecule has 5 heteroatoms. The Morgan fingerprint density at radius 2 is 2.17 bits per heavy atom. The summed E-state index contributed by atoms with van der Waals surface area (Å²) < 4.78 is 2.15. The van der Waals surface area contributed by atoms with E-state index in [0.29, 0.717) is 6.54 Å². The molecular formula is C19H29N5. The summed E-state index contributed by atoms with van der Waals surface area (Å²) in [5.41, 5.74) is 2.22. The number of para-hydroxylation sites is 2. The molecule has 1 fully saturated rings. The normalized spacial score (nSPS) is 18.8. The Labute approximate surface area is 144 Å². The maximum Gasteiger partial charge on any atom is 0.194 e. The summed E-state index contributed by atoms with van der Waals surface area (Å²) in [4.78, 5) is 11.6. The minimum Gasteiger partial charge on any atom is -0.349 e. The van der Waals surface area contributed by atoms with Gasteiger partial charge < -0.3 is 14.8 Å². The van der Waals surface area contributed by atoms with Crippen molar-refractivity contribution in [1.29, 1.82) is 0 Å². The van der Waals surface area contributed by atoms with Crippen LogP contribution in [-0.4, -0.2) is 40.5 Å². The molecule has 1 aromatic carbocycles. The predicted octanol–water partition coefficient (Wildman–Crippen LogP) is 3.02. The predicted molar refractivity (Wildman–Crippen MR) is 100 cm³/mol. The number of benzene rings is 1. The van der Waals surface area contributed by atoms with Crippen LogP contribution in [0.15, 0.2) is 29.3 Å². The van der Waals surface area contributed by atoms with E-state index in [1.54, 1.807) is 0 Å². The van der Waals surface area contributed by atoms with Crippen molar-refractivity contribution in [2.75, 3.05) is 20.1 Å². The van der Waals surface area contributed by atoms with Crippen LogP contribution in [0.3, 0.4) is 0 Å². The van der Waals surface area contributed by atoms with Crippen molar-refractivity contribution in [3.63, 3.8) is 0 Å². The van der Waals surface area contributed by atoms with Gasteiger partial charge in [0.15, 0.2) is 5.96 Å². The largest absolute Gasteiger partial charge is 0.349 e. The molecule has 1 saturated heterocycles. The topological polar surface area (TPSA) is 45.5 Å². The lowest BCUT2D eigenvalue weighted by Gasteiger charge is -2.22. The number of imidazole rings is 1. The molecule has 1 aliphatic heterocycles. The van der Waals surface area contributed by atoms with Crippen LogP contribution in [0.2, 0.25) is 0 Å². The van der Waals surface area contributed by atoms with Gasteiger partial charge in [0, 0.05) is 27.2 Å². The third-order valence-corrected chi connectivity index (χ3v) is 4.89. The van der Waals surface area contributed by atoms with E-state index in [1.165, 1.54) is 18.4 Å². The van der Waals surface area contributed by atoms with E-state index in [2.05, 4.69) is 58.9 Å². The molecular weight excluding hydrogens is 298 g/mol. The molecule has 0 bridgehead atoms. The second-order valence-corrected chi connectivity index (χ2v) is 7.21. The number of guanidine groups is 1. The third kappa shape index (κ3) is 3.55. The minimum absolute atomic E-state index is 0.698. The summed E-state index contributed by atoms with van der Waals surface area (Å²) in [6.07, 6.45) is 2.57. The van der Waals surface area contributed by atoms with Crippen molar-refractivity contribution in [3.05, 3.63) is 30.1 Å². The Morgan fingerprint density at radius 1 is 1.38 bits per heavy atom. The van der Waals surface area contributed by atoms with E-state index in [0.717, 1.165) is 42.2 Å². The fraction of sp³-hybridized carbons (Fsp3) is 0.579. The first-order valence-corrected chi connectivity index (χ1v) is 8.94. The van der Waals surface area contributed by atoms with Crippen molar-refractivity contribution in [3.8, 4) is 0 Å². The highest BCUT2D eigenvalue weighted by Gasteiger charge is 2.25. The average Bonchev–Trinajstić information content (AvgIpc) is 3.13. The number of hydrogen-bond acceptors (Lipinski definition) is 2. The Balaban J connectivity index is 1.63. The van der Waals surface area contributed by atoms with E-state index < -0.39 is 0 Å². The van der Waals surface area contributed by atoms with Crippen molar-refractivity contribution in [1.82, 2.24) is 19.8 Å². The molecule has 24 heavy (non-hydrogen) atoms. The molecule has 2 heterocycles. The average molecular weight is 327 g/mol. The van der Waals surface area contributed by atoms with Crippen molar-refractivity contribution >= 4 is 17.0 Å². The number of nitrogens with one attached hydrogen (secondary N) is 1. The van der Waals surface area contributed by atoms with Gasteiger partial charge in [0.2, 0.25) is 0 Å². The van der Waals surface area contributed by atoms with Gasteiger partial charge in [-0.3, -0.25) is 4.99 Å². The number of aliphatic imine (C=N–C) groups is 1. The summed E-state index contributed by atoms with van der Waals surface area (Å²) in [6, 6.07) is 8.26. The van der Waals surface area contributed by atoms with E-state index in [1.807, 2.05) is 13.1 Å². The third-order valence-electron chi connectivity index (χ3n) is 4.89. The monoisotopic (exact) mass is 327 g/mol. The molecule has 0 amide bonds. The minimum atomic E-state index is 0.698. The highest BCUT2D eigenvalue weighted by atomic mass is 15.3. The molecule has 5 nitrogen and oxygen atoms in total. The fourth-order valence-corrected chi connectivity index (χ4v) is 3.73. The number of rotatable bonds is 4. The SMILES string of the molecule is CN=C(NCc1nc2ccccc2n1C)N1CCC(CC(C)C)C1. The Hall–Kier alpha value is -2.04. The number of aryl methyl sites for hydroxylation is 1. The maximum absolute atomic E-state index is 4.73. The highest BCUT2D eigenvalue weighted by Crippen LogP contribution is 2.23. The molecule has 0 radical (unpaired) electrons. The van der Waals surface area contributed by atoms with Crippen LogP contribution in [0.1, 0.15) is 32.5 Å². The van der Waals surface area contributed by atoms with Gasteiger partial charge in [0.05, 0.1) is 17.6 Å². The lowest BCUT2D eigenvalue weighted by Crippen LogP contribution is -2.40. The molecule has 1 aliphatic rings. The molecule has 1 atom stereocenters. The summed E-state index contributed by atoms with van der Waals surface area (Å²) in [5, 5.41) is 3.50. The molecule has 0 spiro atoms. The lowest BCUT2D eigenvalue weighted by molar-refractivity contribution is 0.403. The molecule has 130 valence electrons. The highest BCUT2D eigenvalue weighted by molar-refractivity contribution is 5.80. The van der Waals surface area contributed by atoms with Gasteiger partial charge in [-0.15, -0.1) is 0 Å². The second kappa shape index (κ2) is 7.24. The molecule has 3 rings (SSSR count). The first kappa shape index (κ1) is 16.8. The Bertz CT molecular complexity index is 716. The van der Waals surface area contributed by atoms with Gasteiger partial charge in [-0.25, -0.2) is 4.98 Å². The van der Waals surface area contributed by atoms with Gasteiger partial charge in [-0.2, -0.15) is 0 Å². The van der Waals surface area contributed by atoms with Crippen LogP contribution < -0.4 is 5.32 Å². The van der Waals surface area contributed by atoms with E-state index >= 15 is 0 Å². The first-order chi connectivity index (χ1) is 11.6. The fourth-order valence-electron chi connectivity index (χ4n) is 3.73. The molecule has 1 aromatic heterocycles. The van der Waals surface area contributed by atoms with Gasteiger partial charge in [0.1, 0.15) is 5.82 Å². The quantitative estimate of drug-likeness (QED) is 0.693. The lowest BCUT2D eigenvalue weighted by atomic mass is 9.97. The Morgan fingerprint density at radius 3 is 2.88 bits per heavy atom. The molecule has 1 N–H and O–H groups in total. The van der Waals surface area contributed by atoms with Crippen LogP contribution in [0.4, 0.5) is 0 Å². The van der Waals surface area contributed by atoms with Crippen molar-refractivity contribution < 1.29 is 0 Å². The first-order valence-electron chi connectivity index (χ1n) is 8.94. The molecule has 1 unspecified atom stereocenters. The van der Waals surface area contributed by atoms with Gasteiger partial charge in [0.25, 0.3) is 0 Å². The van der Waals surface area contributed by atoms with Crippen molar-refractivity contribution in [2.45, 2.75) is 33.2 Å². The summed E-state index contributed by atoms with van der Waals surface area (Å²) in [7, 11) is 3.94. The van der Waals surface area contributed by atoms with E-state index in [9.17, 15) is 0 Å². The standard InChI is InChI=1S/C19H29N5/c1-14(2)11-15-9-10-24(13-15)19(20-3)21-12-18-22-16-7-5-6-8-17(16)23(18)4/h5-8,14-15H,9-13H2,1-4H3,(H,20,21). The van der Waals surface area contributed by atoms with Crippen LogP contribution in [0.5, 0.6) is 0 Å². The van der Waals surface area contributed by atoms with Crippen LogP contribution in [-0.2, 0) is 13.6 Å². The number of nitrogens with zero attached hydrogens (tertiary/aromatic N) is 4. The molecule has 0 aliphatic carbocycles. The second-order valence-electron chi connectivity index (χ2n) is 7.21. The van der Waals surface area contributed by atoms with Crippen LogP contribution in [0, 0.1) is 11.8 Å². The smallest absolute Gasteiger partial charge is 0.194 e. The van der Waals surface area contributed by atoms with Gasteiger partial charge >= 0.3 is 0 Å². The zero-order valence-corrected chi connectivity index (χ0v) is 15.3. The molecule has 2 aromatic rings.